The lowest BCUT2D eigenvalue weighted by Crippen LogP contribution is -2.45. The molecule has 0 saturated carbocycles. The van der Waals surface area contributed by atoms with Crippen LogP contribution in [-0.2, 0) is 9.59 Å². The quantitative estimate of drug-likeness (QED) is 0.431. The zero-order valence-corrected chi connectivity index (χ0v) is 18.6. The van der Waals surface area contributed by atoms with Gasteiger partial charge in [0.2, 0.25) is 5.78 Å². The first-order chi connectivity index (χ1) is 16.3. The molecule has 3 rings (SSSR count). The monoisotopic (exact) mass is 473 g/mol. The Morgan fingerprint density at radius 2 is 1.74 bits per heavy atom. The second-order valence-corrected chi connectivity index (χ2v) is 6.98. The Kier molecular flexibility index (Phi) is 7.59. The minimum atomic E-state index is -1.43. The van der Waals surface area contributed by atoms with E-state index in [9.17, 15) is 14.4 Å². The van der Waals surface area contributed by atoms with E-state index < -0.39 is 31.1 Å². The zero-order valence-electron chi connectivity index (χ0n) is 18.6. The van der Waals surface area contributed by atoms with Crippen molar-refractivity contribution in [1.29, 1.82) is 0 Å². The Morgan fingerprint density at radius 3 is 2.35 bits per heavy atom. The summed E-state index contributed by atoms with van der Waals surface area (Å²) in [6.07, 6.45) is 1.51. The summed E-state index contributed by atoms with van der Waals surface area (Å²) in [6, 6.07) is 6.25. The molecule has 1 unspecified atom stereocenters. The number of Topliss-reactive ketones (excluding diaryl/α,β-unsaturated/α-hetero) is 1. The molecule has 0 spiro atoms. The fourth-order valence-corrected chi connectivity index (χ4v) is 3.13. The summed E-state index contributed by atoms with van der Waals surface area (Å²) in [5.41, 5.74) is 0.829. The second kappa shape index (κ2) is 10.6. The largest absolute Gasteiger partial charge is 0.496 e. The van der Waals surface area contributed by atoms with Gasteiger partial charge >= 0.3 is 5.97 Å². The molecule has 0 saturated heterocycles. The number of allylic oxidation sites excluding steroid dienone is 1. The van der Waals surface area contributed by atoms with E-state index in [4.69, 9.17) is 33.9 Å². The highest BCUT2D eigenvalue weighted by atomic mass is 16.5. The van der Waals surface area contributed by atoms with Gasteiger partial charge < -0.3 is 39.2 Å². The summed E-state index contributed by atoms with van der Waals surface area (Å²) in [7, 11) is 4.46. The maximum Gasteiger partial charge on any atom is 0.328 e. The van der Waals surface area contributed by atoms with Gasteiger partial charge in [0.25, 0.3) is 5.91 Å². The minimum absolute atomic E-state index is 0.0441. The van der Waals surface area contributed by atoms with Crippen molar-refractivity contribution >= 4 is 23.7 Å². The van der Waals surface area contributed by atoms with E-state index in [2.05, 4.69) is 5.32 Å². The predicted octanol–water partition coefficient (Wildman–Crippen LogP) is 1.27. The number of benzene rings is 2. The summed E-state index contributed by atoms with van der Waals surface area (Å²) in [6.45, 7) is -1.25. The molecule has 180 valence electrons. The van der Waals surface area contributed by atoms with Gasteiger partial charge in [-0.05, 0) is 24.3 Å². The van der Waals surface area contributed by atoms with Gasteiger partial charge in [0.1, 0.15) is 23.3 Å². The number of aliphatic hydroxyl groups is 1. The number of ether oxygens (including phenoxy) is 5. The number of methoxy groups -OCH3 is 3. The van der Waals surface area contributed by atoms with Crippen LogP contribution in [0.15, 0.2) is 36.1 Å². The summed E-state index contributed by atoms with van der Waals surface area (Å²) in [5.74, 6) is -0.622. The number of carbonyl (C=O) groups is 3. The smallest absolute Gasteiger partial charge is 0.328 e. The first kappa shape index (κ1) is 24.4. The molecule has 11 heteroatoms. The lowest BCUT2D eigenvalue weighted by Gasteiger charge is -2.12. The molecule has 1 aliphatic rings. The van der Waals surface area contributed by atoms with Gasteiger partial charge in [-0.1, -0.05) is 0 Å². The van der Waals surface area contributed by atoms with Gasteiger partial charge in [-0.15, -0.1) is 0 Å². The minimum Gasteiger partial charge on any atom is -0.496 e. The molecular formula is C23H23NO10. The van der Waals surface area contributed by atoms with Crippen LogP contribution in [0.1, 0.15) is 15.9 Å². The number of aliphatic carboxylic acids is 1. The standard InChI is InChI=1S/C23H23NO10/c1-30-16-9-19(32-3)18(31-2)6-12(16)7-20-22(27)14-5-4-13(8-17(14)34-20)33-11-21(26)24-15(10-25)23(28)29/h4-9,15,25H,10-11H2,1-3H3,(H,24,26)(H,28,29). The van der Waals surface area contributed by atoms with E-state index in [0.29, 0.717) is 28.4 Å². The SMILES string of the molecule is COc1cc(OC)c(OC)cc1C=C1Oc2cc(OCC(=O)NC(CO)C(=O)O)ccc2C1=O. The Hall–Kier alpha value is -4.25. The van der Waals surface area contributed by atoms with Crippen LogP contribution in [0.3, 0.4) is 0 Å². The fraction of sp³-hybridized carbons (Fsp3) is 0.261. The molecule has 1 aliphatic heterocycles. The summed E-state index contributed by atoms with van der Waals surface area (Å²) in [5, 5.41) is 20.0. The summed E-state index contributed by atoms with van der Waals surface area (Å²) < 4.78 is 27.0. The summed E-state index contributed by atoms with van der Waals surface area (Å²) in [4.78, 5) is 35.5. The molecule has 0 bridgehead atoms. The van der Waals surface area contributed by atoms with Crippen molar-refractivity contribution in [3.05, 3.63) is 47.2 Å². The van der Waals surface area contributed by atoms with E-state index in [-0.39, 0.29) is 23.0 Å². The number of nitrogens with one attached hydrogen (secondary N) is 1. The van der Waals surface area contributed by atoms with E-state index in [1.807, 2.05) is 0 Å². The molecule has 0 radical (unpaired) electrons. The van der Waals surface area contributed by atoms with Crippen LogP contribution in [0, 0.1) is 0 Å². The van der Waals surface area contributed by atoms with E-state index in [1.54, 1.807) is 12.1 Å². The molecule has 2 aromatic rings. The van der Waals surface area contributed by atoms with Crippen LogP contribution >= 0.6 is 0 Å². The molecule has 0 fully saturated rings. The number of hydrogen-bond acceptors (Lipinski definition) is 9. The Bertz CT molecular complexity index is 1140. The van der Waals surface area contributed by atoms with Crippen LogP contribution in [0.25, 0.3) is 6.08 Å². The van der Waals surface area contributed by atoms with Crippen molar-refractivity contribution in [2.24, 2.45) is 0 Å². The number of carbonyl (C=O) groups excluding carboxylic acids is 2. The Labute approximate surface area is 194 Å². The molecule has 1 amide bonds. The molecule has 3 N–H and O–H groups in total. The fourth-order valence-electron chi connectivity index (χ4n) is 3.13. The third kappa shape index (κ3) is 5.21. The number of fused-ring (bicyclic) bond motifs is 1. The second-order valence-electron chi connectivity index (χ2n) is 6.98. The van der Waals surface area contributed by atoms with Crippen molar-refractivity contribution in [3.8, 4) is 28.7 Å². The first-order valence-electron chi connectivity index (χ1n) is 9.95. The average molecular weight is 473 g/mol. The highest BCUT2D eigenvalue weighted by Gasteiger charge is 2.28. The number of amides is 1. The molecular weight excluding hydrogens is 450 g/mol. The van der Waals surface area contributed by atoms with Gasteiger partial charge in [0, 0.05) is 17.7 Å². The van der Waals surface area contributed by atoms with Crippen LogP contribution in [-0.4, -0.2) is 68.5 Å². The lowest BCUT2D eigenvalue weighted by atomic mass is 10.1. The van der Waals surface area contributed by atoms with Crippen LogP contribution in [0.5, 0.6) is 28.7 Å². The number of rotatable bonds is 10. The Balaban J connectivity index is 1.76. The molecule has 11 nitrogen and oxygen atoms in total. The van der Waals surface area contributed by atoms with Gasteiger partial charge in [-0.2, -0.15) is 0 Å². The molecule has 0 aromatic heterocycles. The third-order valence-electron chi connectivity index (χ3n) is 4.85. The normalized spacial score (nSPS) is 14.1. The van der Waals surface area contributed by atoms with Crippen molar-refractivity contribution in [2.45, 2.75) is 6.04 Å². The number of aliphatic hydroxyl groups excluding tert-OH is 1. The van der Waals surface area contributed by atoms with Crippen molar-refractivity contribution < 1.29 is 48.3 Å². The molecule has 1 atom stereocenters. The van der Waals surface area contributed by atoms with E-state index in [0.717, 1.165) is 0 Å². The summed E-state index contributed by atoms with van der Waals surface area (Å²) >= 11 is 0. The van der Waals surface area contributed by atoms with E-state index in [1.165, 1.54) is 45.6 Å². The van der Waals surface area contributed by atoms with Crippen molar-refractivity contribution in [1.82, 2.24) is 5.32 Å². The van der Waals surface area contributed by atoms with Gasteiger partial charge in [-0.3, -0.25) is 9.59 Å². The average Bonchev–Trinajstić information content (AvgIpc) is 3.14. The molecule has 2 aromatic carbocycles. The van der Waals surface area contributed by atoms with Gasteiger partial charge in [-0.25, -0.2) is 4.79 Å². The van der Waals surface area contributed by atoms with Gasteiger partial charge in [0.15, 0.2) is 23.9 Å². The van der Waals surface area contributed by atoms with Crippen LogP contribution in [0.2, 0.25) is 0 Å². The first-order valence-corrected chi connectivity index (χ1v) is 9.95. The maximum absolute atomic E-state index is 12.8. The number of carboxylic acids is 1. The topological polar surface area (TPSA) is 150 Å². The lowest BCUT2D eigenvalue weighted by molar-refractivity contribution is -0.143. The molecule has 34 heavy (non-hydrogen) atoms. The highest BCUT2D eigenvalue weighted by molar-refractivity contribution is 6.14. The van der Waals surface area contributed by atoms with Crippen LogP contribution < -0.4 is 29.0 Å². The van der Waals surface area contributed by atoms with Crippen LogP contribution in [0.4, 0.5) is 0 Å². The van der Waals surface area contributed by atoms with Gasteiger partial charge in [0.05, 0.1) is 33.5 Å². The number of carboxylic acid groups (broad SMARTS) is 1. The molecule has 1 heterocycles. The molecule has 0 aliphatic carbocycles. The maximum atomic E-state index is 12.8. The number of ketones is 1. The predicted molar refractivity (Wildman–Crippen MR) is 118 cm³/mol. The third-order valence-corrected chi connectivity index (χ3v) is 4.85. The van der Waals surface area contributed by atoms with Crippen molar-refractivity contribution in [2.75, 3.05) is 34.5 Å². The highest BCUT2D eigenvalue weighted by Crippen LogP contribution is 2.39. The number of hydrogen-bond donors (Lipinski definition) is 3. The van der Waals surface area contributed by atoms with E-state index >= 15 is 0 Å². The van der Waals surface area contributed by atoms with Crippen molar-refractivity contribution in [3.63, 3.8) is 0 Å². The zero-order chi connectivity index (χ0) is 24.8. The Morgan fingerprint density at radius 1 is 1.06 bits per heavy atom.